The highest BCUT2D eigenvalue weighted by Crippen LogP contribution is 2.17. The number of carbonyl (C=O) groups excluding carboxylic acids is 1. The SMILES string of the molecule is CCC(CNC(=O)c1cc(F)ccc1O)C(=O)O. The molecule has 3 N–H and O–H groups in total. The van der Waals surface area contributed by atoms with Crippen LogP contribution in [0, 0.1) is 11.7 Å². The van der Waals surface area contributed by atoms with Crippen molar-refractivity contribution in [2.75, 3.05) is 6.54 Å². The van der Waals surface area contributed by atoms with Crippen molar-refractivity contribution in [3.63, 3.8) is 0 Å². The Labute approximate surface area is 103 Å². The molecule has 0 spiro atoms. The van der Waals surface area contributed by atoms with Crippen molar-refractivity contribution >= 4 is 11.9 Å². The Kier molecular flexibility index (Phi) is 4.65. The van der Waals surface area contributed by atoms with Crippen molar-refractivity contribution in [1.29, 1.82) is 0 Å². The van der Waals surface area contributed by atoms with Gasteiger partial charge in [-0.3, -0.25) is 9.59 Å². The monoisotopic (exact) mass is 255 g/mol. The number of aliphatic carboxylic acids is 1. The maximum atomic E-state index is 12.9. The molecule has 1 aromatic carbocycles. The molecule has 5 nitrogen and oxygen atoms in total. The van der Waals surface area contributed by atoms with Gasteiger partial charge in [-0.25, -0.2) is 4.39 Å². The second kappa shape index (κ2) is 6.00. The smallest absolute Gasteiger partial charge is 0.308 e. The van der Waals surface area contributed by atoms with Crippen LogP contribution in [-0.2, 0) is 4.79 Å². The number of hydrogen-bond donors (Lipinski definition) is 3. The minimum atomic E-state index is -1.01. The number of aromatic hydroxyl groups is 1. The Bertz CT molecular complexity index is 461. The summed E-state index contributed by atoms with van der Waals surface area (Å²) in [5, 5.41) is 20.5. The lowest BCUT2D eigenvalue weighted by Crippen LogP contribution is -2.32. The van der Waals surface area contributed by atoms with Crippen molar-refractivity contribution in [3.05, 3.63) is 29.6 Å². The van der Waals surface area contributed by atoms with Crippen molar-refractivity contribution < 1.29 is 24.2 Å². The average molecular weight is 255 g/mol. The molecular weight excluding hydrogens is 241 g/mol. The number of benzene rings is 1. The predicted octanol–water partition coefficient (Wildman–Crippen LogP) is 1.37. The van der Waals surface area contributed by atoms with E-state index >= 15 is 0 Å². The van der Waals surface area contributed by atoms with E-state index in [2.05, 4.69) is 5.32 Å². The van der Waals surface area contributed by atoms with E-state index in [0.29, 0.717) is 6.42 Å². The molecule has 0 aliphatic rings. The Balaban J connectivity index is 2.71. The first-order valence-electron chi connectivity index (χ1n) is 5.45. The molecule has 0 aliphatic carbocycles. The number of rotatable bonds is 5. The van der Waals surface area contributed by atoms with Gasteiger partial charge in [-0.05, 0) is 24.6 Å². The maximum absolute atomic E-state index is 12.9. The van der Waals surface area contributed by atoms with E-state index in [4.69, 9.17) is 5.11 Å². The molecule has 0 aliphatic heterocycles. The fraction of sp³-hybridized carbons (Fsp3) is 0.333. The summed E-state index contributed by atoms with van der Waals surface area (Å²) in [5.74, 6) is -3.42. The van der Waals surface area contributed by atoms with Crippen molar-refractivity contribution in [3.8, 4) is 5.75 Å². The molecule has 1 atom stereocenters. The molecule has 18 heavy (non-hydrogen) atoms. The number of halogens is 1. The van der Waals surface area contributed by atoms with Gasteiger partial charge in [-0.15, -0.1) is 0 Å². The van der Waals surface area contributed by atoms with Crippen LogP contribution in [0.1, 0.15) is 23.7 Å². The molecule has 1 aromatic rings. The minimum Gasteiger partial charge on any atom is -0.507 e. The molecule has 0 fully saturated rings. The van der Waals surface area contributed by atoms with Gasteiger partial charge in [-0.2, -0.15) is 0 Å². The molecule has 0 bridgehead atoms. The van der Waals surface area contributed by atoms with Crippen LogP contribution in [-0.4, -0.2) is 28.6 Å². The molecule has 0 aromatic heterocycles. The molecule has 0 heterocycles. The summed E-state index contributed by atoms with van der Waals surface area (Å²) in [6.45, 7) is 1.62. The summed E-state index contributed by atoms with van der Waals surface area (Å²) in [4.78, 5) is 22.4. The van der Waals surface area contributed by atoms with Crippen LogP contribution in [0.3, 0.4) is 0 Å². The van der Waals surface area contributed by atoms with Crippen LogP contribution in [0.25, 0.3) is 0 Å². The van der Waals surface area contributed by atoms with E-state index in [0.717, 1.165) is 18.2 Å². The average Bonchev–Trinajstić information content (AvgIpc) is 2.32. The quantitative estimate of drug-likeness (QED) is 0.741. The minimum absolute atomic E-state index is 0.0688. The number of carbonyl (C=O) groups is 2. The van der Waals surface area contributed by atoms with E-state index in [9.17, 15) is 19.1 Å². The molecule has 0 radical (unpaired) electrons. The standard InChI is InChI=1S/C12H14FNO4/c1-2-7(12(17)18)6-14-11(16)9-5-8(13)3-4-10(9)15/h3-5,7,15H,2,6H2,1H3,(H,14,16)(H,17,18). The second-order valence-corrected chi connectivity index (χ2v) is 3.81. The van der Waals surface area contributed by atoms with Crippen molar-refractivity contribution in [2.24, 2.45) is 5.92 Å². The van der Waals surface area contributed by atoms with E-state index in [1.807, 2.05) is 0 Å². The van der Waals surface area contributed by atoms with Gasteiger partial charge in [-0.1, -0.05) is 6.92 Å². The highest BCUT2D eigenvalue weighted by atomic mass is 19.1. The summed E-state index contributed by atoms with van der Waals surface area (Å²) in [7, 11) is 0. The topological polar surface area (TPSA) is 86.6 Å². The van der Waals surface area contributed by atoms with Gasteiger partial charge in [0.25, 0.3) is 5.91 Å². The Morgan fingerprint density at radius 1 is 1.44 bits per heavy atom. The summed E-state index contributed by atoms with van der Waals surface area (Å²) in [6, 6.07) is 2.99. The molecule has 0 saturated heterocycles. The number of phenols is 1. The third-order valence-electron chi connectivity index (χ3n) is 2.55. The molecule has 1 unspecified atom stereocenters. The van der Waals surface area contributed by atoms with Gasteiger partial charge in [0.1, 0.15) is 11.6 Å². The van der Waals surface area contributed by atoms with Gasteiger partial charge in [0.2, 0.25) is 0 Å². The number of phenolic OH excluding ortho intramolecular Hbond substituents is 1. The van der Waals surface area contributed by atoms with E-state index in [1.165, 1.54) is 0 Å². The van der Waals surface area contributed by atoms with Crippen molar-refractivity contribution in [2.45, 2.75) is 13.3 Å². The Hall–Kier alpha value is -2.11. The highest BCUT2D eigenvalue weighted by Gasteiger charge is 2.18. The van der Waals surface area contributed by atoms with Gasteiger partial charge >= 0.3 is 5.97 Å². The number of carboxylic acids is 1. The molecule has 0 saturated carbocycles. The highest BCUT2D eigenvalue weighted by molar-refractivity contribution is 5.96. The van der Waals surface area contributed by atoms with Gasteiger partial charge in [0.05, 0.1) is 11.5 Å². The molecule has 98 valence electrons. The molecule has 6 heteroatoms. The largest absolute Gasteiger partial charge is 0.507 e. The van der Waals surface area contributed by atoms with E-state index < -0.39 is 23.6 Å². The van der Waals surface area contributed by atoms with Gasteiger partial charge < -0.3 is 15.5 Å². The van der Waals surface area contributed by atoms with Crippen LogP contribution >= 0.6 is 0 Å². The van der Waals surface area contributed by atoms with Crippen molar-refractivity contribution in [1.82, 2.24) is 5.32 Å². The lowest BCUT2D eigenvalue weighted by atomic mass is 10.1. The zero-order valence-electron chi connectivity index (χ0n) is 9.81. The maximum Gasteiger partial charge on any atom is 0.308 e. The Morgan fingerprint density at radius 3 is 2.67 bits per heavy atom. The van der Waals surface area contributed by atoms with Crippen LogP contribution in [0.15, 0.2) is 18.2 Å². The Morgan fingerprint density at radius 2 is 2.11 bits per heavy atom. The lowest BCUT2D eigenvalue weighted by molar-refractivity contribution is -0.141. The molecule has 1 amide bonds. The molecule has 1 rings (SSSR count). The van der Waals surface area contributed by atoms with Crippen LogP contribution < -0.4 is 5.32 Å². The van der Waals surface area contributed by atoms with Gasteiger partial charge in [0.15, 0.2) is 0 Å². The number of carboxylic acid groups (broad SMARTS) is 1. The van der Waals surface area contributed by atoms with Gasteiger partial charge in [0, 0.05) is 6.54 Å². The summed E-state index contributed by atoms with van der Waals surface area (Å²) < 4.78 is 12.9. The molecular formula is C12H14FNO4. The normalized spacial score (nSPS) is 11.9. The van der Waals surface area contributed by atoms with Crippen LogP contribution in [0.5, 0.6) is 5.75 Å². The second-order valence-electron chi connectivity index (χ2n) is 3.81. The predicted molar refractivity (Wildman–Crippen MR) is 61.8 cm³/mol. The summed E-state index contributed by atoms with van der Waals surface area (Å²) in [6.07, 6.45) is 0.366. The fourth-order valence-electron chi connectivity index (χ4n) is 1.41. The summed E-state index contributed by atoms with van der Waals surface area (Å²) in [5.41, 5.74) is -0.213. The third-order valence-corrected chi connectivity index (χ3v) is 2.55. The fourth-order valence-corrected chi connectivity index (χ4v) is 1.41. The summed E-state index contributed by atoms with van der Waals surface area (Å²) >= 11 is 0. The number of hydrogen-bond acceptors (Lipinski definition) is 3. The first kappa shape index (κ1) is 14.0. The zero-order valence-corrected chi connectivity index (χ0v) is 9.81. The number of nitrogens with one attached hydrogen (secondary N) is 1. The zero-order chi connectivity index (χ0) is 13.7. The third kappa shape index (κ3) is 3.44. The van der Waals surface area contributed by atoms with Crippen LogP contribution in [0.2, 0.25) is 0 Å². The first-order chi connectivity index (χ1) is 8.45. The van der Waals surface area contributed by atoms with E-state index in [1.54, 1.807) is 6.92 Å². The number of amides is 1. The lowest BCUT2D eigenvalue weighted by Gasteiger charge is -2.11. The first-order valence-corrected chi connectivity index (χ1v) is 5.45. The van der Waals surface area contributed by atoms with E-state index in [-0.39, 0.29) is 17.9 Å². The van der Waals surface area contributed by atoms with Crippen LogP contribution in [0.4, 0.5) is 4.39 Å².